The smallest absolute Gasteiger partial charge is 0.0882 e. The minimum absolute atomic E-state index is 0.528. The second kappa shape index (κ2) is 2.91. The lowest BCUT2D eigenvalue weighted by atomic mass is 10.3. The van der Waals surface area contributed by atoms with Gasteiger partial charge in [0.2, 0.25) is 0 Å². The van der Waals surface area contributed by atoms with Gasteiger partial charge in [0.25, 0.3) is 0 Å². The molecule has 0 saturated carbocycles. The molecule has 0 saturated heterocycles. The second-order valence-electron chi connectivity index (χ2n) is 1.51. The van der Waals surface area contributed by atoms with Gasteiger partial charge in [-0.2, -0.15) is 0 Å². The number of halogens is 1. The fraction of sp³-hybridized carbons (Fsp3) is 0. The maximum Gasteiger partial charge on any atom is 0.0882 e. The van der Waals surface area contributed by atoms with Crippen molar-refractivity contribution in [1.29, 1.82) is 0 Å². The topological polar surface area (TPSA) is 24.7 Å². The molecule has 0 amide bonds. The first-order valence-corrected chi connectivity index (χ1v) is 2.50. The van der Waals surface area contributed by atoms with Crippen molar-refractivity contribution < 1.29 is 4.48 Å². The second-order valence-corrected chi connectivity index (χ2v) is 1.51. The van der Waals surface area contributed by atoms with Crippen LogP contribution >= 0.6 is 0 Å². The monoisotopic (exact) mass is 124 g/mol. The van der Waals surface area contributed by atoms with Gasteiger partial charge in [0.1, 0.15) is 0 Å². The Hall–Kier alpha value is -1.25. The van der Waals surface area contributed by atoms with E-state index in [9.17, 15) is 4.48 Å². The molecule has 2 nitrogen and oxygen atoms in total. The largest absolute Gasteiger partial charge is 0.122 e. The van der Waals surface area contributed by atoms with E-state index in [-0.39, 0.29) is 0 Å². The van der Waals surface area contributed by atoms with Crippen molar-refractivity contribution in [2.45, 2.75) is 0 Å². The van der Waals surface area contributed by atoms with Crippen LogP contribution in [0.3, 0.4) is 0 Å². The molecule has 0 atom stereocenters. The highest BCUT2D eigenvalue weighted by atomic mass is 19.2. The molecule has 0 unspecified atom stereocenters. The highest BCUT2D eigenvalue weighted by molar-refractivity contribution is 5.34. The summed E-state index contributed by atoms with van der Waals surface area (Å²) in [4.78, 5) is 0. The number of benzene rings is 1. The van der Waals surface area contributed by atoms with Gasteiger partial charge in [-0.1, -0.05) is 22.7 Å². The highest BCUT2D eigenvalue weighted by Crippen LogP contribution is 2.09. The average molecular weight is 124 g/mol. The molecule has 0 aromatic heterocycles. The van der Waals surface area contributed by atoms with Crippen molar-refractivity contribution in [1.82, 2.24) is 0 Å². The quantitative estimate of drug-likeness (QED) is 0.514. The molecule has 1 aromatic rings. The van der Waals surface area contributed by atoms with E-state index < -0.39 is 0 Å². The molecule has 3 heteroatoms. The standard InChI is InChI=1S/C6H5FN2/c7-9-8-6-4-2-1-3-5-6/h1-5H/b9-8+. The first-order chi connectivity index (χ1) is 4.43. The molecule has 1 aromatic carbocycles. The van der Waals surface area contributed by atoms with Gasteiger partial charge in [-0.05, 0) is 12.1 Å². The third-order valence-corrected chi connectivity index (χ3v) is 0.909. The molecule has 0 fully saturated rings. The minimum atomic E-state index is 0.528. The van der Waals surface area contributed by atoms with E-state index in [1.807, 2.05) is 6.07 Å². The molecule has 9 heavy (non-hydrogen) atoms. The van der Waals surface area contributed by atoms with Gasteiger partial charge in [0, 0.05) is 5.34 Å². The third-order valence-electron chi connectivity index (χ3n) is 0.909. The third kappa shape index (κ3) is 1.60. The summed E-state index contributed by atoms with van der Waals surface area (Å²) in [5.74, 6) is 0. The fourth-order valence-corrected chi connectivity index (χ4v) is 0.538. The van der Waals surface area contributed by atoms with Gasteiger partial charge in [0.05, 0.1) is 5.69 Å². The van der Waals surface area contributed by atoms with Crippen LogP contribution in [0.2, 0.25) is 0 Å². The van der Waals surface area contributed by atoms with E-state index >= 15 is 0 Å². The summed E-state index contributed by atoms with van der Waals surface area (Å²) in [7, 11) is 0. The first-order valence-electron chi connectivity index (χ1n) is 2.50. The Bertz CT molecular complexity index is 195. The van der Waals surface area contributed by atoms with E-state index in [1.165, 1.54) is 0 Å². The van der Waals surface area contributed by atoms with Crippen molar-refractivity contribution >= 4 is 5.69 Å². The summed E-state index contributed by atoms with van der Waals surface area (Å²) in [5, 5.41) is 5.30. The molecular formula is C6H5FN2. The maximum absolute atomic E-state index is 11.1. The number of hydrogen-bond donors (Lipinski definition) is 0. The van der Waals surface area contributed by atoms with Gasteiger partial charge >= 0.3 is 0 Å². The maximum atomic E-state index is 11.1. The van der Waals surface area contributed by atoms with E-state index in [1.54, 1.807) is 24.3 Å². The van der Waals surface area contributed by atoms with E-state index in [2.05, 4.69) is 10.5 Å². The molecule has 0 aliphatic heterocycles. The average Bonchev–Trinajstić information content (AvgIpc) is 1.91. The summed E-state index contributed by atoms with van der Waals surface area (Å²) >= 11 is 0. The summed E-state index contributed by atoms with van der Waals surface area (Å²) in [5.41, 5.74) is 0.528. The lowest BCUT2D eigenvalue weighted by Crippen LogP contribution is -1.57. The van der Waals surface area contributed by atoms with Gasteiger partial charge in [0.15, 0.2) is 0 Å². The Kier molecular flexibility index (Phi) is 1.90. The predicted octanol–water partition coefficient (Wildman–Crippen LogP) is 2.65. The zero-order chi connectivity index (χ0) is 6.53. The van der Waals surface area contributed by atoms with Crippen LogP contribution in [0.1, 0.15) is 0 Å². The van der Waals surface area contributed by atoms with E-state index in [0.29, 0.717) is 5.69 Å². The Labute approximate surface area is 52.0 Å². The van der Waals surface area contributed by atoms with Crippen LogP contribution in [-0.4, -0.2) is 0 Å². The molecular weight excluding hydrogens is 119 g/mol. The van der Waals surface area contributed by atoms with Crippen LogP contribution in [0, 0.1) is 0 Å². The Morgan fingerprint density at radius 2 is 1.78 bits per heavy atom. The fourth-order valence-electron chi connectivity index (χ4n) is 0.538. The molecule has 0 bridgehead atoms. The molecule has 0 aliphatic carbocycles. The summed E-state index contributed by atoms with van der Waals surface area (Å²) in [6.07, 6.45) is 0. The normalized spacial score (nSPS) is 10.3. The van der Waals surface area contributed by atoms with E-state index in [0.717, 1.165) is 0 Å². The lowest BCUT2D eigenvalue weighted by molar-refractivity contribution is 0.493. The molecule has 46 valence electrons. The number of hydrogen-bond acceptors (Lipinski definition) is 2. The van der Waals surface area contributed by atoms with Crippen LogP contribution < -0.4 is 0 Å². The van der Waals surface area contributed by atoms with Gasteiger partial charge in [-0.3, -0.25) is 0 Å². The van der Waals surface area contributed by atoms with Crippen molar-refractivity contribution in [3.8, 4) is 0 Å². The van der Waals surface area contributed by atoms with Crippen LogP contribution in [0.5, 0.6) is 0 Å². The number of nitrogens with zero attached hydrogens (tertiary/aromatic N) is 2. The van der Waals surface area contributed by atoms with Crippen LogP contribution in [0.25, 0.3) is 0 Å². The van der Waals surface area contributed by atoms with Gasteiger partial charge < -0.3 is 0 Å². The zero-order valence-electron chi connectivity index (χ0n) is 4.66. The van der Waals surface area contributed by atoms with Gasteiger partial charge in [-0.25, -0.2) is 0 Å². The lowest BCUT2D eigenvalue weighted by Gasteiger charge is -1.83. The molecule has 0 spiro atoms. The highest BCUT2D eigenvalue weighted by Gasteiger charge is 1.81. The molecule has 0 N–H and O–H groups in total. The van der Waals surface area contributed by atoms with Crippen LogP contribution in [0.15, 0.2) is 40.8 Å². The predicted molar refractivity (Wildman–Crippen MR) is 32.1 cm³/mol. The Morgan fingerprint density at radius 3 is 2.33 bits per heavy atom. The number of rotatable bonds is 1. The van der Waals surface area contributed by atoms with Crippen molar-refractivity contribution in [3.63, 3.8) is 0 Å². The Morgan fingerprint density at radius 1 is 1.11 bits per heavy atom. The Balaban J connectivity index is 2.85. The van der Waals surface area contributed by atoms with Crippen molar-refractivity contribution in [3.05, 3.63) is 30.3 Å². The summed E-state index contributed by atoms with van der Waals surface area (Å²) in [6.45, 7) is 0. The molecule has 1 rings (SSSR count). The van der Waals surface area contributed by atoms with E-state index in [4.69, 9.17) is 0 Å². The molecule has 0 radical (unpaired) electrons. The molecule has 0 aliphatic rings. The van der Waals surface area contributed by atoms with Crippen LogP contribution in [0.4, 0.5) is 10.2 Å². The SMILES string of the molecule is F/N=N/c1ccccc1. The zero-order valence-corrected chi connectivity index (χ0v) is 4.66. The van der Waals surface area contributed by atoms with Crippen LogP contribution in [-0.2, 0) is 0 Å². The summed E-state index contributed by atoms with van der Waals surface area (Å²) in [6, 6.07) is 8.71. The first kappa shape index (κ1) is 5.88. The summed E-state index contributed by atoms with van der Waals surface area (Å²) < 4.78 is 11.1. The van der Waals surface area contributed by atoms with Gasteiger partial charge in [-0.15, -0.1) is 5.11 Å². The molecule has 0 heterocycles. The van der Waals surface area contributed by atoms with Crippen molar-refractivity contribution in [2.24, 2.45) is 10.5 Å². The van der Waals surface area contributed by atoms with Crippen molar-refractivity contribution in [2.75, 3.05) is 0 Å². The minimum Gasteiger partial charge on any atom is -0.122 e.